The summed E-state index contributed by atoms with van der Waals surface area (Å²) in [6.07, 6.45) is 0. The van der Waals surface area contributed by atoms with E-state index >= 15 is 0 Å². The van der Waals surface area contributed by atoms with E-state index in [1.165, 1.54) is 0 Å². The Balaban J connectivity index is 2.42. The Morgan fingerprint density at radius 1 is 1.29 bits per heavy atom. The molecule has 0 bridgehead atoms. The molecule has 0 amide bonds. The number of fused-ring (bicyclic) bond motifs is 1. The molecule has 0 aromatic heterocycles. The van der Waals surface area contributed by atoms with Gasteiger partial charge in [0.25, 0.3) is 0 Å². The van der Waals surface area contributed by atoms with Crippen LogP contribution in [0.5, 0.6) is 11.5 Å². The van der Waals surface area contributed by atoms with Gasteiger partial charge in [0, 0.05) is 12.1 Å². The first-order valence-corrected chi connectivity index (χ1v) is 5.06. The molecule has 1 aliphatic heterocycles. The quantitative estimate of drug-likeness (QED) is 0.794. The van der Waals surface area contributed by atoms with Crippen LogP contribution < -0.4 is 15.0 Å². The summed E-state index contributed by atoms with van der Waals surface area (Å²) < 4.78 is 11.8. The number of rotatable bonds is 2. The number of benzene rings is 1. The summed E-state index contributed by atoms with van der Waals surface area (Å²) >= 11 is 3.38. The molecule has 1 aromatic rings. The Labute approximate surface area is 89.9 Å². The topological polar surface area (TPSA) is 50.7 Å². The van der Waals surface area contributed by atoms with Gasteiger partial charge in [-0.05, 0) is 22.0 Å². The smallest absolute Gasteiger partial charge is 0.175 e. The van der Waals surface area contributed by atoms with Crippen LogP contribution in [0.3, 0.4) is 0 Å². The minimum atomic E-state index is 0.346. The summed E-state index contributed by atoms with van der Waals surface area (Å²) in [6.45, 7) is 1.45. The zero-order valence-corrected chi connectivity index (χ0v) is 9.00. The molecule has 2 rings (SSSR count). The van der Waals surface area contributed by atoms with E-state index in [1.807, 2.05) is 12.1 Å². The molecule has 14 heavy (non-hydrogen) atoms. The highest BCUT2D eigenvalue weighted by Gasteiger charge is 2.18. The molecule has 5 heteroatoms. The lowest BCUT2D eigenvalue weighted by atomic mass is 10.2. The first-order chi connectivity index (χ1) is 6.83. The van der Waals surface area contributed by atoms with Crippen molar-refractivity contribution in [2.45, 2.75) is 6.54 Å². The Morgan fingerprint density at radius 2 is 2.00 bits per heavy atom. The molecule has 0 saturated heterocycles. The number of ether oxygens (including phenoxy) is 2. The van der Waals surface area contributed by atoms with Crippen LogP contribution in [-0.2, 0) is 6.54 Å². The third-order valence-corrected chi connectivity index (χ3v) is 2.62. The lowest BCUT2D eigenvalue weighted by molar-refractivity contribution is 0.150. The predicted molar refractivity (Wildman–Crippen MR) is 53.8 cm³/mol. The molecule has 2 N–H and O–H groups in total. The van der Waals surface area contributed by atoms with E-state index in [0.29, 0.717) is 31.3 Å². The highest BCUT2D eigenvalue weighted by molar-refractivity contribution is 9.10. The van der Waals surface area contributed by atoms with Gasteiger partial charge in [-0.3, -0.25) is 0 Å². The summed E-state index contributed by atoms with van der Waals surface area (Å²) in [7, 11) is 0. The Bertz CT molecular complexity index is 343. The lowest BCUT2D eigenvalue weighted by Gasteiger charge is -2.21. The van der Waals surface area contributed by atoms with Crippen molar-refractivity contribution < 1.29 is 14.7 Å². The van der Waals surface area contributed by atoms with Gasteiger partial charge in [0.2, 0.25) is 0 Å². The highest BCUT2D eigenvalue weighted by atomic mass is 79.9. The molecule has 76 valence electrons. The van der Waals surface area contributed by atoms with Crippen LogP contribution in [0.15, 0.2) is 16.6 Å². The molecule has 0 fully saturated rings. The normalized spacial score (nSPS) is 14.1. The fourth-order valence-electron chi connectivity index (χ4n) is 1.38. The molecular formula is C9H10BrNO3. The van der Waals surface area contributed by atoms with Gasteiger partial charge in [0.15, 0.2) is 11.5 Å². The van der Waals surface area contributed by atoms with Crippen LogP contribution in [0.25, 0.3) is 0 Å². The Kier molecular flexibility index (Phi) is 2.90. The van der Waals surface area contributed by atoms with Gasteiger partial charge in [-0.25, -0.2) is 5.48 Å². The van der Waals surface area contributed by atoms with Crippen molar-refractivity contribution >= 4 is 15.9 Å². The maximum absolute atomic E-state index is 8.63. The number of halogens is 1. The Morgan fingerprint density at radius 3 is 2.71 bits per heavy atom. The summed E-state index contributed by atoms with van der Waals surface area (Å²) in [5, 5.41) is 8.63. The third-order valence-electron chi connectivity index (χ3n) is 1.99. The average Bonchev–Trinajstić information content (AvgIpc) is 2.23. The fraction of sp³-hybridized carbons (Fsp3) is 0.333. The van der Waals surface area contributed by atoms with Crippen molar-refractivity contribution in [3.05, 3.63) is 22.2 Å². The van der Waals surface area contributed by atoms with Crippen LogP contribution in [0.2, 0.25) is 0 Å². The number of hydrogen-bond acceptors (Lipinski definition) is 4. The van der Waals surface area contributed by atoms with Crippen molar-refractivity contribution in [1.82, 2.24) is 5.48 Å². The predicted octanol–water partition coefficient (Wildman–Crippen LogP) is 1.70. The van der Waals surface area contributed by atoms with Crippen molar-refractivity contribution in [3.8, 4) is 11.5 Å². The minimum absolute atomic E-state index is 0.346. The van der Waals surface area contributed by atoms with Crippen molar-refractivity contribution in [3.63, 3.8) is 0 Å². The molecular weight excluding hydrogens is 250 g/mol. The van der Waals surface area contributed by atoms with E-state index in [-0.39, 0.29) is 0 Å². The second-order valence-corrected chi connectivity index (χ2v) is 3.75. The van der Waals surface area contributed by atoms with E-state index in [2.05, 4.69) is 21.4 Å². The van der Waals surface area contributed by atoms with Gasteiger partial charge in [0.05, 0.1) is 4.47 Å². The summed E-state index contributed by atoms with van der Waals surface area (Å²) in [6, 6.07) is 3.75. The maximum atomic E-state index is 8.63. The van der Waals surface area contributed by atoms with Gasteiger partial charge < -0.3 is 14.7 Å². The second kappa shape index (κ2) is 4.16. The lowest BCUT2D eigenvalue weighted by Crippen LogP contribution is -2.18. The third kappa shape index (κ3) is 1.70. The van der Waals surface area contributed by atoms with E-state index in [9.17, 15) is 0 Å². The van der Waals surface area contributed by atoms with Crippen molar-refractivity contribution in [1.29, 1.82) is 0 Å². The number of hydrogen-bond donors (Lipinski definition) is 2. The SMILES string of the molecule is ONCc1ccc(Br)c2c1OCCO2. The van der Waals surface area contributed by atoms with Crippen LogP contribution in [0.1, 0.15) is 5.56 Å². The monoisotopic (exact) mass is 259 g/mol. The van der Waals surface area contributed by atoms with Crippen LogP contribution in [0.4, 0.5) is 0 Å². The maximum Gasteiger partial charge on any atom is 0.175 e. The number of hydroxylamine groups is 1. The average molecular weight is 260 g/mol. The van der Waals surface area contributed by atoms with E-state index in [4.69, 9.17) is 14.7 Å². The molecule has 0 spiro atoms. The van der Waals surface area contributed by atoms with E-state index in [0.717, 1.165) is 10.0 Å². The van der Waals surface area contributed by atoms with Crippen molar-refractivity contribution in [2.24, 2.45) is 0 Å². The number of nitrogens with one attached hydrogen (secondary N) is 1. The van der Waals surface area contributed by atoms with Gasteiger partial charge in [0.1, 0.15) is 13.2 Å². The first kappa shape index (κ1) is 9.76. The molecule has 4 nitrogen and oxygen atoms in total. The summed E-state index contributed by atoms with van der Waals surface area (Å²) in [4.78, 5) is 0. The minimum Gasteiger partial charge on any atom is -0.486 e. The van der Waals surface area contributed by atoms with E-state index < -0.39 is 0 Å². The molecule has 0 saturated carbocycles. The highest BCUT2D eigenvalue weighted by Crippen LogP contribution is 2.39. The van der Waals surface area contributed by atoms with Crippen LogP contribution in [-0.4, -0.2) is 18.4 Å². The van der Waals surface area contributed by atoms with Gasteiger partial charge in [-0.15, -0.1) is 0 Å². The molecule has 0 unspecified atom stereocenters. The summed E-state index contributed by atoms with van der Waals surface area (Å²) in [5.74, 6) is 1.41. The molecule has 1 aliphatic rings. The first-order valence-electron chi connectivity index (χ1n) is 4.27. The molecule has 0 aliphatic carbocycles. The largest absolute Gasteiger partial charge is 0.486 e. The van der Waals surface area contributed by atoms with Crippen molar-refractivity contribution in [2.75, 3.05) is 13.2 Å². The van der Waals surface area contributed by atoms with Gasteiger partial charge in [-0.2, -0.15) is 0 Å². The fourth-order valence-corrected chi connectivity index (χ4v) is 1.81. The summed E-state index contributed by atoms with van der Waals surface area (Å²) in [5.41, 5.74) is 2.98. The Hall–Kier alpha value is -0.780. The standard InChI is InChI=1S/C9H10BrNO3/c10-7-2-1-6(5-11-12)8-9(7)14-4-3-13-8/h1-2,11-12H,3-5H2. The van der Waals surface area contributed by atoms with E-state index in [1.54, 1.807) is 0 Å². The molecule has 1 aromatic carbocycles. The van der Waals surface area contributed by atoms with Gasteiger partial charge in [-0.1, -0.05) is 6.07 Å². The molecule has 1 heterocycles. The molecule has 0 radical (unpaired) electrons. The van der Waals surface area contributed by atoms with Gasteiger partial charge >= 0.3 is 0 Å². The second-order valence-electron chi connectivity index (χ2n) is 2.90. The van der Waals surface area contributed by atoms with Crippen LogP contribution in [0, 0.1) is 0 Å². The van der Waals surface area contributed by atoms with Crippen LogP contribution >= 0.6 is 15.9 Å². The zero-order chi connectivity index (χ0) is 9.97. The zero-order valence-electron chi connectivity index (χ0n) is 7.42. The molecule has 0 atom stereocenters.